The summed E-state index contributed by atoms with van der Waals surface area (Å²) in [6.07, 6.45) is 0.310. The maximum absolute atomic E-state index is 8.71. The van der Waals surface area contributed by atoms with Gasteiger partial charge in [-0.25, -0.2) is 0 Å². The molecular formula is C14H9N3. The lowest BCUT2D eigenvalue weighted by molar-refractivity contribution is 1.12. The van der Waals surface area contributed by atoms with Crippen molar-refractivity contribution in [2.75, 3.05) is 0 Å². The minimum Gasteiger partial charge on any atom is -0.252 e. The van der Waals surface area contributed by atoms with Crippen molar-refractivity contribution in [3.05, 3.63) is 53.7 Å². The van der Waals surface area contributed by atoms with Gasteiger partial charge in [-0.3, -0.25) is 4.98 Å². The molecule has 1 aromatic heterocycles. The van der Waals surface area contributed by atoms with E-state index in [2.05, 4.69) is 17.1 Å². The van der Waals surface area contributed by atoms with Gasteiger partial charge in [-0.2, -0.15) is 10.5 Å². The molecule has 80 valence electrons. The maximum atomic E-state index is 8.71. The fourth-order valence-corrected chi connectivity index (χ4v) is 1.54. The standard InChI is InChI=1S/C14H9N3/c15-9-8-13-2-1-3-14(17-13)12-6-4-11(10-16)5-7-12/h1-7H,8H2. The first-order valence-electron chi connectivity index (χ1n) is 5.17. The van der Waals surface area contributed by atoms with E-state index in [0.717, 1.165) is 17.0 Å². The van der Waals surface area contributed by atoms with Crippen LogP contribution in [0, 0.1) is 22.7 Å². The van der Waals surface area contributed by atoms with Gasteiger partial charge < -0.3 is 0 Å². The molecule has 0 amide bonds. The van der Waals surface area contributed by atoms with Crippen LogP contribution in [-0.2, 0) is 6.42 Å². The van der Waals surface area contributed by atoms with E-state index < -0.39 is 0 Å². The predicted octanol–water partition coefficient (Wildman–Crippen LogP) is 2.69. The molecule has 1 heterocycles. The molecule has 0 spiro atoms. The van der Waals surface area contributed by atoms with Crippen molar-refractivity contribution in [1.29, 1.82) is 10.5 Å². The van der Waals surface area contributed by atoms with Crippen LogP contribution in [0.15, 0.2) is 42.5 Å². The first kappa shape index (κ1) is 10.9. The van der Waals surface area contributed by atoms with E-state index in [1.807, 2.05) is 30.3 Å². The first-order valence-corrected chi connectivity index (χ1v) is 5.17. The van der Waals surface area contributed by atoms with E-state index in [9.17, 15) is 0 Å². The van der Waals surface area contributed by atoms with Gasteiger partial charge in [0.15, 0.2) is 0 Å². The van der Waals surface area contributed by atoms with E-state index >= 15 is 0 Å². The van der Waals surface area contributed by atoms with Gasteiger partial charge in [-0.1, -0.05) is 18.2 Å². The number of pyridine rings is 1. The molecule has 0 saturated heterocycles. The summed E-state index contributed by atoms with van der Waals surface area (Å²) in [5.41, 5.74) is 3.15. The van der Waals surface area contributed by atoms with Gasteiger partial charge in [0.2, 0.25) is 0 Å². The summed E-state index contributed by atoms with van der Waals surface area (Å²) in [5, 5.41) is 17.3. The van der Waals surface area contributed by atoms with Gasteiger partial charge in [0.25, 0.3) is 0 Å². The second-order valence-electron chi connectivity index (χ2n) is 3.54. The third-order valence-corrected chi connectivity index (χ3v) is 2.38. The van der Waals surface area contributed by atoms with Crippen LogP contribution in [0.3, 0.4) is 0 Å². The van der Waals surface area contributed by atoms with Crippen molar-refractivity contribution >= 4 is 0 Å². The zero-order valence-corrected chi connectivity index (χ0v) is 9.09. The van der Waals surface area contributed by atoms with Gasteiger partial charge in [0.05, 0.1) is 35.5 Å². The molecule has 1 aromatic carbocycles. The van der Waals surface area contributed by atoms with Crippen LogP contribution >= 0.6 is 0 Å². The molecule has 0 aliphatic carbocycles. The molecule has 0 fully saturated rings. The fraction of sp³-hybridized carbons (Fsp3) is 0.0714. The number of hydrogen-bond acceptors (Lipinski definition) is 3. The summed E-state index contributed by atoms with van der Waals surface area (Å²) in [4.78, 5) is 4.38. The highest BCUT2D eigenvalue weighted by Crippen LogP contribution is 2.17. The van der Waals surface area contributed by atoms with Crippen molar-refractivity contribution in [2.45, 2.75) is 6.42 Å². The Hall–Kier alpha value is -2.65. The van der Waals surface area contributed by atoms with Crippen LogP contribution < -0.4 is 0 Å². The summed E-state index contributed by atoms with van der Waals surface area (Å²) in [6.45, 7) is 0. The maximum Gasteiger partial charge on any atom is 0.0991 e. The summed E-state index contributed by atoms with van der Waals surface area (Å²) in [6, 6.07) is 17.0. The summed E-state index contributed by atoms with van der Waals surface area (Å²) >= 11 is 0. The Kier molecular flexibility index (Phi) is 3.14. The van der Waals surface area contributed by atoms with Gasteiger partial charge in [-0.15, -0.1) is 0 Å². The number of rotatable bonds is 2. The van der Waals surface area contributed by atoms with Crippen molar-refractivity contribution in [1.82, 2.24) is 4.98 Å². The number of nitrogens with zero attached hydrogens (tertiary/aromatic N) is 3. The molecule has 2 rings (SSSR count). The molecule has 0 aliphatic rings. The average molecular weight is 219 g/mol. The van der Waals surface area contributed by atoms with E-state index in [0.29, 0.717) is 12.0 Å². The zero-order chi connectivity index (χ0) is 12.1. The topological polar surface area (TPSA) is 60.5 Å². The Balaban J connectivity index is 2.36. The molecule has 0 aliphatic heterocycles. The number of aromatic nitrogens is 1. The molecular weight excluding hydrogens is 210 g/mol. The van der Waals surface area contributed by atoms with Crippen LogP contribution in [0.1, 0.15) is 11.3 Å². The minimum absolute atomic E-state index is 0.310. The number of hydrogen-bond donors (Lipinski definition) is 0. The smallest absolute Gasteiger partial charge is 0.0991 e. The molecule has 2 aromatic rings. The van der Waals surface area contributed by atoms with E-state index in [1.54, 1.807) is 12.1 Å². The quantitative estimate of drug-likeness (QED) is 0.780. The van der Waals surface area contributed by atoms with Crippen LogP contribution in [0.5, 0.6) is 0 Å². The van der Waals surface area contributed by atoms with E-state index in [1.165, 1.54) is 0 Å². The molecule has 0 atom stereocenters. The Morgan fingerprint density at radius 1 is 1.00 bits per heavy atom. The largest absolute Gasteiger partial charge is 0.252 e. The summed E-state index contributed by atoms with van der Waals surface area (Å²) in [5.74, 6) is 0. The Labute approximate surface area is 99.6 Å². The van der Waals surface area contributed by atoms with Gasteiger partial charge in [0, 0.05) is 5.56 Å². The second-order valence-corrected chi connectivity index (χ2v) is 3.54. The third kappa shape index (κ3) is 2.48. The zero-order valence-electron chi connectivity index (χ0n) is 9.09. The third-order valence-electron chi connectivity index (χ3n) is 2.38. The lowest BCUT2D eigenvalue weighted by Gasteiger charge is -2.02. The molecule has 0 radical (unpaired) electrons. The lowest BCUT2D eigenvalue weighted by atomic mass is 10.1. The Morgan fingerprint density at radius 2 is 1.76 bits per heavy atom. The molecule has 0 saturated carbocycles. The number of benzene rings is 1. The first-order chi connectivity index (χ1) is 8.33. The molecule has 3 nitrogen and oxygen atoms in total. The Morgan fingerprint density at radius 3 is 2.41 bits per heavy atom. The minimum atomic E-state index is 0.310. The lowest BCUT2D eigenvalue weighted by Crippen LogP contribution is -1.90. The highest BCUT2D eigenvalue weighted by atomic mass is 14.7. The second kappa shape index (κ2) is 4.92. The highest BCUT2D eigenvalue weighted by molar-refractivity contribution is 5.60. The van der Waals surface area contributed by atoms with Crippen LogP contribution in [0.2, 0.25) is 0 Å². The van der Waals surface area contributed by atoms with Crippen molar-refractivity contribution < 1.29 is 0 Å². The predicted molar refractivity (Wildman–Crippen MR) is 63.7 cm³/mol. The average Bonchev–Trinajstić information content (AvgIpc) is 2.40. The SMILES string of the molecule is N#CCc1cccc(-c2ccc(C#N)cc2)n1. The fourth-order valence-electron chi connectivity index (χ4n) is 1.54. The highest BCUT2D eigenvalue weighted by Gasteiger charge is 2.01. The van der Waals surface area contributed by atoms with Crippen molar-refractivity contribution in [3.8, 4) is 23.4 Å². The normalized spacial score (nSPS) is 9.29. The summed E-state index contributed by atoms with van der Waals surface area (Å²) < 4.78 is 0. The summed E-state index contributed by atoms with van der Waals surface area (Å²) in [7, 11) is 0. The van der Waals surface area contributed by atoms with Crippen LogP contribution in [-0.4, -0.2) is 4.98 Å². The van der Waals surface area contributed by atoms with Gasteiger partial charge in [-0.05, 0) is 24.3 Å². The van der Waals surface area contributed by atoms with Crippen molar-refractivity contribution in [3.63, 3.8) is 0 Å². The van der Waals surface area contributed by atoms with E-state index in [4.69, 9.17) is 10.5 Å². The van der Waals surface area contributed by atoms with Gasteiger partial charge >= 0.3 is 0 Å². The molecule has 3 heteroatoms. The van der Waals surface area contributed by atoms with Crippen molar-refractivity contribution in [2.24, 2.45) is 0 Å². The van der Waals surface area contributed by atoms with Gasteiger partial charge in [0.1, 0.15) is 0 Å². The molecule has 0 N–H and O–H groups in total. The molecule has 17 heavy (non-hydrogen) atoms. The molecule has 0 unspecified atom stereocenters. The monoisotopic (exact) mass is 219 g/mol. The van der Waals surface area contributed by atoms with E-state index in [-0.39, 0.29) is 0 Å². The van der Waals surface area contributed by atoms with Crippen LogP contribution in [0.25, 0.3) is 11.3 Å². The number of nitriles is 2. The Bertz CT molecular complexity index is 601. The molecule has 0 bridgehead atoms. The van der Waals surface area contributed by atoms with Crippen LogP contribution in [0.4, 0.5) is 0 Å².